The molecule has 0 aliphatic carbocycles. The Morgan fingerprint density at radius 2 is 2.50 bits per heavy atom. The summed E-state index contributed by atoms with van der Waals surface area (Å²) in [5, 5.41) is 8.35. The summed E-state index contributed by atoms with van der Waals surface area (Å²) in [7, 11) is 4.57. The van der Waals surface area contributed by atoms with Crippen LogP contribution in [0.3, 0.4) is 0 Å². The van der Waals surface area contributed by atoms with E-state index in [1.165, 1.54) is 0 Å². The van der Waals surface area contributed by atoms with E-state index in [4.69, 9.17) is 5.11 Å². The van der Waals surface area contributed by atoms with Gasteiger partial charge in [-0.05, 0) is 6.92 Å². The van der Waals surface area contributed by atoms with Crippen LogP contribution in [0.15, 0.2) is 0 Å². The monoisotopic (exact) mass is 86.1 g/mol. The van der Waals surface area contributed by atoms with Gasteiger partial charge in [-0.1, -0.05) is 0 Å². The van der Waals surface area contributed by atoms with E-state index in [1.54, 1.807) is 6.92 Å². The van der Waals surface area contributed by atoms with Gasteiger partial charge in [0.2, 0.25) is 0 Å². The fraction of sp³-hybridized carbons (Fsp3) is 1.00. The Hall–Kier alpha value is -0.0151. The molecule has 3 heteroatoms. The van der Waals surface area contributed by atoms with Crippen molar-refractivity contribution in [2.45, 2.75) is 13.0 Å². The highest BCUT2D eigenvalue weighted by atomic mass is 16.4. The second kappa shape index (κ2) is 3.19. The van der Waals surface area contributed by atoms with Gasteiger partial charge in [-0.25, -0.2) is 0 Å². The molecule has 0 fully saturated rings. The number of hydrogen-bond acceptors (Lipinski definition) is 2. The highest BCUT2D eigenvalue weighted by Crippen LogP contribution is 1.75. The molecule has 2 radical (unpaired) electrons. The minimum atomic E-state index is -0.449. The molecule has 1 N–H and O–H groups in total. The maximum absolute atomic E-state index is 8.35. The summed E-state index contributed by atoms with van der Waals surface area (Å²) >= 11 is 0. The predicted molar refractivity (Wildman–Crippen MR) is 23.4 cm³/mol. The molecule has 1 atom stereocenters. The molecule has 0 aliphatic rings. The highest BCUT2D eigenvalue weighted by Gasteiger charge is 1.87. The molecule has 0 aliphatic heterocycles. The number of rotatable bonds is 2. The molecule has 2 nitrogen and oxygen atoms in total. The molecule has 0 rings (SSSR count). The second-order valence-corrected chi connectivity index (χ2v) is 1.18. The van der Waals surface area contributed by atoms with Crippen LogP contribution >= 0.6 is 0 Å². The third-order valence-corrected chi connectivity index (χ3v) is 0.337. The summed E-state index contributed by atoms with van der Waals surface area (Å²) in [6.07, 6.45) is -0.449. The third-order valence-electron chi connectivity index (χ3n) is 0.337. The van der Waals surface area contributed by atoms with Crippen LogP contribution in [0, 0.1) is 0 Å². The van der Waals surface area contributed by atoms with Gasteiger partial charge in [0.25, 0.3) is 8.05 Å². The second-order valence-electron chi connectivity index (χ2n) is 1.18. The highest BCUT2D eigenvalue weighted by molar-refractivity contribution is 5.97. The lowest BCUT2D eigenvalue weighted by Crippen LogP contribution is -2.07. The summed E-state index contributed by atoms with van der Waals surface area (Å²) in [5.41, 5.74) is 0. The number of hydrogen-bond donors (Lipinski definition) is 1. The Labute approximate surface area is 38.6 Å². The van der Waals surface area contributed by atoms with Crippen molar-refractivity contribution in [3.63, 3.8) is 0 Å². The van der Waals surface area contributed by atoms with Gasteiger partial charge in [-0.3, -0.25) is 0 Å². The smallest absolute Gasteiger partial charge is 0.282 e. The third kappa shape index (κ3) is 3.98. The number of aliphatic hydroxyl groups is 1. The van der Waals surface area contributed by atoms with Crippen LogP contribution in [0.4, 0.5) is 0 Å². The van der Waals surface area contributed by atoms with Gasteiger partial charge in [0, 0.05) is 0 Å². The SMILES string of the molecule is [B]OCC(C)O. The molecule has 0 aromatic carbocycles. The summed E-state index contributed by atoms with van der Waals surface area (Å²) < 4.78 is 4.05. The van der Waals surface area contributed by atoms with Crippen LogP contribution in [-0.2, 0) is 4.65 Å². The molecule has 0 amide bonds. The van der Waals surface area contributed by atoms with Crippen molar-refractivity contribution in [2.24, 2.45) is 0 Å². The molecule has 6 heavy (non-hydrogen) atoms. The van der Waals surface area contributed by atoms with Gasteiger partial charge in [0.15, 0.2) is 0 Å². The van der Waals surface area contributed by atoms with Gasteiger partial charge in [-0.2, -0.15) is 0 Å². The Balaban J connectivity index is 2.63. The van der Waals surface area contributed by atoms with Crippen LogP contribution in [-0.4, -0.2) is 25.9 Å². The van der Waals surface area contributed by atoms with Crippen LogP contribution in [0.2, 0.25) is 0 Å². The maximum Gasteiger partial charge on any atom is 0.282 e. The van der Waals surface area contributed by atoms with Crippen molar-refractivity contribution in [1.82, 2.24) is 0 Å². The van der Waals surface area contributed by atoms with E-state index >= 15 is 0 Å². The molecule has 0 aromatic heterocycles. The minimum absolute atomic E-state index is 0.208. The predicted octanol–water partition coefficient (Wildman–Crippen LogP) is -0.533. The van der Waals surface area contributed by atoms with Gasteiger partial charge in [0.05, 0.1) is 12.7 Å². The van der Waals surface area contributed by atoms with Crippen molar-refractivity contribution in [2.75, 3.05) is 6.61 Å². The molecule has 0 spiro atoms. The lowest BCUT2D eigenvalue weighted by molar-refractivity contribution is 0.128. The first kappa shape index (κ1) is 5.98. The Morgan fingerprint density at radius 3 is 2.50 bits per heavy atom. The van der Waals surface area contributed by atoms with Gasteiger partial charge >= 0.3 is 0 Å². The lowest BCUT2D eigenvalue weighted by atomic mass is 10.4. The van der Waals surface area contributed by atoms with Gasteiger partial charge < -0.3 is 9.76 Å². The molecular weight excluding hydrogens is 78.8 g/mol. The standard InChI is InChI=1S/C3H7BO2/c1-3(5)2-6-4/h3,5H,2H2,1H3. The minimum Gasteiger partial charge on any atom is -0.445 e. The molecule has 1 unspecified atom stereocenters. The van der Waals surface area contributed by atoms with Gasteiger partial charge in [0.1, 0.15) is 0 Å². The van der Waals surface area contributed by atoms with E-state index in [2.05, 4.69) is 12.7 Å². The zero-order chi connectivity index (χ0) is 4.99. The molecule has 34 valence electrons. The van der Waals surface area contributed by atoms with E-state index in [-0.39, 0.29) is 6.61 Å². The molecular formula is C3H7BO2. The largest absolute Gasteiger partial charge is 0.445 e. The fourth-order valence-corrected chi connectivity index (χ4v) is 0.139. The Morgan fingerprint density at radius 1 is 2.00 bits per heavy atom. The van der Waals surface area contributed by atoms with Crippen LogP contribution in [0.25, 0.3) is 0 Å². The van der Waals surface area contributed by atoms with Crippen molar-refractivity contribution in [1.29, 1.82) is 0 Å². The molecule has 0 aromatic rings. The van der Waals surface area contributed by atoms with E-state index in [0.29, 0.717) is 0 Å². The Kier molecular flexibility index (Phi) is 3.18. The molecule has 0 saturated carbocycles. The quantitative estimate of drug-likeness (QED) is 0.457. The summed E-state index contributed by atoms with van der Waals surface area (Å²) in [5.74, 6) is 0. The molecule has 0 heterocycles. The Bertz CT molecular complexity index is 30.0. The molecule has 0 saturated heterocycles. The lowest BCUT2D eigenvalue weighted by Gasteiger charge is -1.97. The van der Waals surface area contributed by atoms with Crippen LogP contribution < -0.4 is 0 Å². The zero-order valence-electron chi connectivity index (χ0n) is 3.72. The average Bonchev–Trinajstić information content (AvgIpc) is 1.35. The fourth-order valence-electron chi connectivity index (χ4n) is 0.139. The van der Waals surface area contributed by atoms with Crippen molar-refractivity contribution >= 4 is 8.05 Å². The first-order valence-corrected chi connectivity index (χ1v) is 1.77. The van der Waals surface area contributed by atoms with Gasteiger partial charge in [-0.15, -0.1) is 0 Å². The van der Waals surface area contributed by atoms with E-state index in [1.807, 2.05) is 0 Å². The number of aliphatic hydroxyl groups excluding tert-OH is 1. The van der Waals surface area contributed by atoms with Crippen molar-refractivity contribution < 1.29 is 9.76 Å². The first-order chi connectivity index (χ1) is 2.77. The maximum atomic E-state index is 8.35. The topological polar surface area (TPSA) is 29.5 Å². The summed E-state index contributed by atoms with van der Waals surface area (Å²) in [6, 6.07) is 0. The van der Waals surface area contributed by atoms with Crippen molar-refractivity contribution in [3.8, 4) is 0 Å². The van der Waals surface area contributed by atoms with Crippen LogP contribution in [0.5, 0.6) is 0 Å². The van der Waals surface area contributed by atoms with E-state index in [9.17, 15) is 0 Å². The normalized spacial score (nSPS) is 14.3. The summed E-state index contributed by atoms with van der Waals surface area (Å²) in [6.45, 7) is 1.81. The first-order valence-electron chi connectivity index (χ1n) is 1.77. The zero-order valence-corrected chi connectivity index (χ0v) is 3.72. The average molecular weight is 85.9 g/mol. The molecule has 0 bridgehead atoms. The summed E-state index contributed by atoms with van der Waals surface area (Å²) in [4.78, 5) is 0. The van der Waals surface area contributed by atoms with E-state index < -0.39 is 6.10 Å². The van der Waals surface area contributed by atoms with Crippen LogP contribution in [0.1, 0.15) is 6.92 Å². The van der Waals surface area contributed by atoms with E-state index in [0.717, 1.165) is 0 Å². The van der Waals surface area contributed by atoms with Crippen molar-refractivity contribution in [3.05, 3.63) is 0 Å².